The van der Waals surface area contributed by atoms with E-state index in [2.05, 4.69) is 0 Å². The van der Waals surface area contributed by atoms with Crippen molar-refractivity contribution in [1.29, 1.82) is 0 Å². The SMILES string of the molecule is CCOP(=O)(CCCNO)OCC. The molecule has 0 aromatic carbocycles. The van der Waals surface area contributed by atoms with Crippen LogP contribution in [-0.2, 0) is 13.6 Å². The van der Waals surface area contributed by atoms with Gasteiger partial charge in [-0.15, -0.1) is 0 Å². The van der Waals surface area contributed by atoms with E-state index in [1.165, 1.54) is 0 Å². The van der Waals surface area contributed by atoms with Gasteiger partial charge in [-0.25, -0.2) is 5.48 Å². The zero-order valence-electron chi connectivity index (χ0n) is 8.15. The minimum absolute atomic E-state index is 0.336. The largest absolute Gasteiger partial charge is 0.330 e. The lowest BCUT2D eigenvalue weighted by molar-refractivity contribution is 0.165. The molecule has 2 N–H and O–H groups in total. The average molecular weight is 211 g/mol. The minimum Gasteiger partial charge on any atom is -0.317 e. The summed E-state index contributed by atoms with van der Waals surface area (Å²) in [6.45, 7) is 4.70. The Morgan fingerprint density at radius 3 is 2.23 bits per heavy atom. The van der Waals surface area contributed by atoms with E-state index in [4.69, 9.17) is 14.3 Å². The predicted molar refractivity (Wildman–Crippen MR) is 50.1 cm³/mol. The van der Waals surface area contributed by atoms with Crippen LogP contribution < -0.4 is 5.48 Å². The molecule has 0 aliphatic rings. The second kappa shape index (κ2) is 7.47. The monoisotopic (exact) mass is 211 g/mol. The van der Waals surface area contributed by atoms with Crippen molar-refractivity contribution in [1.82, 2.24) is 5.48 Å². The molecule has 0 rings (SSSR count). The summed E-state index contributed by atoms with van der Waals surface area (Å²) >= 11 is 0. The topological polar surface area (TPSA) is 67.8 Å². The van der Waals surface area contributed by atoms with Gasteiger partial charge in [-0.3, -0.25) is 4.57 Å². The van der Waals surface area contributed by atoms with E-state index in [0.29, 0.717) is 32.3 Å². The fourth-order valence-corrected chi connectivity index (χ4v) is 2.58. The first-order chi connectivity index (χ1) is 6.18. The van der Waals surface area contributed by atoms with E-state index in [1.807, 2.05) is 5.48 Å². The Hall–Kier alpha value is 0.0700. The van der Waals surface area contributed by atoms with Gasteiger partial charge in [-0.1, -0.05) is 0 Å². The first-order valence-electron chi connectivity index (χ1n) is 4.43. The van der Waals surface area contributed by atoms with Crippen molar-refractivity contribution in [2.75, 3.05) is 25.9 Å². The molecule has 0 spiro atoms. The van der Waals surface area contributed by atoms with Gasteiger partial charge in [-0.05, 0) is 20.3 Å². The van der Waals surface area contributed by atoms with Gasteiger partial charge in [-0.2, -0.15) is 0 Å². The molecule has 80 valence electrons. The van der Waals surface area contributed by atoms with Crippen molar-refractivity contribution in [3.63, 3.8) is 0 Å². The Kier molecular flexibility index (Phi) is 7.51. The van der Waals surface area contributed by atoms with E-state index in [0.717, 1.165) is 0 Å². The minimum atomic E-state index is -2.90. The highest BCUT2D eigenvalue weighted by molar-refractivity contribution is 7.53. The van der Waals surface area contributed by atoms with Gasteiger partial charge >= 0.3 is 7.60 Å². The second-order valence-electron chi connectivity index (χ2n) is 2.43. The van der Waals surface area contributed by atoms with Crippen LogP contribution in [0.4, 0.5) is 0 Å². The van der Waals surface area contributed by atoms with Gasteiger partial charge in [0, 0.05) is 6.54 Å². The summed E-state index contributed by atoms with van der Waals surface area (Å²) in [4.78, 5) is 0. The molecule has 0 aliphatic carbocycles. The van der Waals surface area contributed by atoms with E-state index < -0.39 is 7.60 Å². The van der Waals surface area contributed by atoms with Crippen LogP contribution in [0.5, 0.6) is 0 Å². The molecule has 0 atom stereocenters. The van der Waals surface area contributed by atoms with Crippen LogP contribution in [0.3, 0.4) is 0 Å². The lowest BCUT2D eigenvalue weighted by atomic mass is 10.5. The smallest absolute Gasteiger partial charge is 0.317 e. The summed E-state index contributed by atoms with van der Waals surface area (Å²) < 4.78 is 21.8. The normalized spacial score (nSPS) is 11.9. The van der Waals surface area contributed by atoms with Gasteiger partial charge in [0.15, 0.2) is 0 Å². The second-order valence-corrected chi connectivity index (χ2v) is 4.62. The number of hydrogen-bond donors (Lipinski definition) is 2. The highest BCUT2D eigenvalue weighted by Gasteiger charge is 2.22. The molecular formula is C7H18NO4P. The third-order valence-electron chi connectivity index (χ3n) is 1.37. The maximum atomic E-state index is 11.7. The summed E-state index contributed by atoms with van der Waals surface area (Å²) in [5, 5.41) is 8.30. The van der Waals surface area contributed by atoms with E-state index >= 15 is 0 Å². The first-order valence-corrected chi connectivity index (χ1v) is 6.16. The summed E-state index contributed by atoms with van der Waals surface area (Å²) in [6.07, 6.45) is 0.899. The first kappa shape index (κ1) is 13.1. The van der Waals surface area contributed by atoms with Crippen molar-refractivity contribution < 1.29 is 18.8 Å². The molecule has 6 heteroatoms. The summed E-state index contributed by atoms with van der Waals surface area (Å²) in [5.41, 5.74) is 1.99. The van der Waals surface area contributed by atoms with Gasteiger partial charge in [0.1, 0.15) is 0 Å². The molecular weight excluding hydrogens is 193 g/mol. The Morgan fingerprint density at radius 2 is 1.85 bits per heavy atom. The van der Waals surface area contributed by atoms with Crippen LogP contribution in [0.1, 0.15) is 20.3 Å². The fourth-order valence-electron chi connectivity index (χ4n) is 0.912. The van der Waals surface area contributed by atoms with E-state index in [-0.39, 0.29) is 0 Å². The quantitative estimate of drug-likeness (QED) is 0.363. The van der Waals surface area contributed by atoms with Gasteiger partial charge in [0.05, 0.1) is 19.4 Å². The Balaban J connectivity index is 3.85. The molecule has 13 heavy (non-hydrogen) atoms. The number of nitrogens with one attached hydrogen (secondary N) is 1. The average Bonchev–Trinajstić information content (AvgIpc) is 2.05. The van der Waals surface area contributed by atoms with Crippen molar-refractivity contribution >= 4 is 7.60 Å². The predicted octanol–water partition coefficient (Wildman–Crippen LogP) is 1.62. The number of hydrogen-bond acceptors (Lipinski definition) is 5. The Labute approximate surface area is 78.9 Å². The molecule has 0 bridgehead atoms. The molecule has 0 unspecified atom stereocenters. The van der Waals surface area contributed by atoms with Crippen LogP contribution in [0.2, 0.25) is 0 Å². The highest BCUT2D eigenvalue weighted by Crippen LogP contribution is 2.48. The molecule has 0 aromatic rings. The van der Waals surface area contributed by atoms with Crippen molar-refractivity contribution in [3.05, 3.63) is 0 Å². The maximum absolute atomic E-state index is 11.7. The molecule has 0 saturated carbocycles. The highest BCUT2D eigenvalue weighted by atomic mass is 31.2. The van der Waals surface area contributed by atoms with Crippen molar-refractivity contribution in [2.24, 2.45) is 0 Å². The molecule has 5 nitrogen and oxygen atoms in total. The van der Waals surface area contributed by atoms with Crippen molar-refractivity contribution in [2.45, 2.75) is 20.3 Å². The third kappa shape index (κ3) is 6.18. The Bertz CT molecular complexity index is 155. The number of hydroxylamine groups is 1. The van der Waals surface area contributed by atoms with Crippen molar-refractivity contribution in [3.8, 4) is 0 Å². The van der Waals surface area contributed by atoms with E-state index in [9.17, 15) is 4.57 Å². The van der Waals surface area contributed by atoms with Crippen LogP contribution in [-0.4, -0.2) is 31.1 Å². The van der Waals surface area contributed by atoms with Gasteiger partial charge in [0.25, 0.3) is 0 Å². The van der Waals surface area contributed by atoms with Gasteiger partial charge < -0.3 is 14.3 Å². The zero-order chi connectivity index (χ0) is 10.2. The molecule has 0 fully saturated rings. The van der Waals surface area contributed by atoms with Crippen LogP contribution in [0, 0.1) is 0 Å². The van der Waals surface area contributed by atoms with Crippen LogP contribution in [0.15, 0.2) is 0 Å². The Morgan fingerprint density at radius 1 is 1.31 bits per heavy atom. The maximum Gasteiger partial charge on any atom is 0.330 e. The van der Waals surface area contributed by atoms with Gasteiger partial charge in [0.2, 0.25) is 0 Å². The molecule has 0 aromatic heterocycles. The summed E-state index contributed by atoms with van der Waals surface area (Å²) in [5.74, 6) is 0. The zero-order valence-corrected chi connectivity index (χ0v) is 9.05. The molecule has 0 heterocycles. The lowest BCUT2D eigenvalue weighted by Crippen LogP contribution is -2.11. The fraction of sp³-hybridized carbons (Fsp3) is 1.00. The van der Waals surface area contributed by atoms with E-state index in [1.54, 1.807) is 13.8 Å². The third-order valence-corrected chi connectivity index (χ3v) is 3.54. The molecule has 0 radical (unpaired) electrons. The standard InChI is InChI=1S/C7H18NO4P/c1-3-11-13(10,12-4-2)7-5-6-8-9/h8-9H,3-7H2,1-2H3. The van der Waals surface area contributed by atoms with Crippen LogP contribution in [0.25, 0.3) is 0 Å². The molecule has 0 aliphatic heterocycles. The number of rotatable bonds is 8. The molecule has 0 amide bonds. The summed E-state index contributed by atoms with van der Waals surface area (Å²) in [7, 11) is -2.90. The van der Waals surface area contributed by atoms with Crippen LogP contribution >= 0.6 is 7.60 Å². The molecule has 0 saturated heterocycles. The summed E-state index contributed by atoms with van der Waals surface area (Å²) in [6, 6.07) is 0. The lowest BCUT2D eigenvalue weighted by Gasteiger charge is -2.16.